The van der Waals surface area contributed by atoms with E-state index in [9.17, 15) is 14.6 Å². The maximum Gasteiger partial charge on any atom is 0.125 e. The van der Waals surface area contributed by atoms with Gasteiger partial charge in [-0.2, -0.15) is 5.10 Å². The summed E-state index contributed by atoms with van der Waals surface area (Å²) in [7, 11) is 0. The molecule has 0 aliphatic carbocycles. The smallest absolute Gasteiger partial charge is 0.125 e. The van der Waals surface area contributed by atoms with Crippen molar-refractivity contribution in [3.63, 3.8) is 0 Å². The van der Waals surface area contributed by atoms with E-state index in [0.29, 0.717) is 11.3 Å². The Morgan fingerprint density at radius 2 is 2.17 bits per heavy atom. The number of aromatic nitrogens is 2. The lowest BCUT2D eigenvalue weighted by Gasteiger charge is -2.13. The molecule has 1 heterocycles. The zero-order valence-electron chi connectivity index (χ0n) is 9.57. The van der Waals surface area contributed by atoms with E-state index >= 15 is 0 Å². The van der Waals surface area contributed by atoms with Crippen LogP contribution in [0.2, 0.25) is 0 Å². The van der Waals surface area contributed by atoms with E-state index in [4.69, 9.17) is 5.73 Å². The average Bonchev–Trinajstić information content (AvgIpc) is 2.86. The van der Waals surface area contributed by atoms with Crippen molar-refractivity contribution in [1.82, 2.24) is 9.78 Å². The van der Waals surface area contributed by atoms with Gasteiger partial charge in [-0.05, 0) is 18.2 Å². The summed E-state index contributed by atoms with van der Waals surface area (Å²) in [5, 5.41) is 23.2. The summed E-state index contributed by atoms with van der Waals surface area (Å²) >= 11 is 0. The monoisotopic (exact) mass is 251 g/mol. The molecule has 2 aromatic rings. The molecule has 4 N–H and O–H groups in total. The third-order valence-corrected chi connectivity index (χ3v) is 2.62. The highest BCUT2D eigenvalue weighted by Gasteiger charge is 2.18. The Morgan fingerprint density at radius 1 is 1.39 bits per heavy atom. The molecule has 2 unspecified atom stereocenters. The van der Waals surface area contributed by atoms with Crippen molar-refractivity contribution in [3.05, 3.63) is 48.0 Å². The summed E-state index contributed by atoms with van der Waals surface area (Å²) in [5.41, 5.74) is 6.23. The molecule has 2 atom stereocenters. The van der Waals surface area contributed by atoms with Crippen molar-refractivity contribution in [3.8, 4) is 5.69 Å². The molecule has 96 valence electrons. The summed E-state index contributed by atoms with van der Waals surface area (Å²) < 4.78 is 14.5. The van der Waals surface area contributed by atoms with Crippen molar-refractivity contribution in [1.29, 1.82) is 0 Å². The summed E-state index contributed by atoms with van der Waals surface area (Å²) in [6.07, 6.45) is 0.791. The molecule has 0 bridgehead atoms. The molecular weight excluding hydrogens is 237 g/mol. The van der Waals surface area contributed by atoms with E-state index in [1.807, 2.05) is 0 Å². The van der Waals surface area contributed by atoms with Crippen molar-refractivity contribution < 1.29 is 14.6 Å². The van der Waals surface area contributed by atoms with Gasteiger partial charge >= 0.3 is 0 Å². The molecule has 0 saturated heterocycles. The summed E-state index contributed by atoms with van der Waals surface area (Å²) in [4.78, 5) is 0. The first-order valence-corrected chi connectivity index (χ1v) is 5.48. The van der Waals surface area contributed by atoms with Gasteiger partial charge in [-0.3, -0.25) is 0 Å². The number of aliphatic hydroxyl groups excluding tert-OH is 2. The van der Waals surface area contributed by atoms with Crippen molar-refractivity contribution in [2.75, 3.05) is 6.54 Å². The zero-order chi connectivity index (χ0) is 13.1. The van der Waals surface area contributed by atoms with E-state index in [0.717, 1.165) is 0 Å². The van der Waals surface area contributed by atoms with Crippen LogP contribution in [-0.4, -0.2) is 32.6 Å². The van der Waals surface area contributed by atoms with E-state index in [-0.39, 0.29) is 12.4 Å². The molecule has 0 fully saturated rings. The number of hydrogen-bond acceptors (Lipinski definition) is 4. The highest BCUT2D eigenvalue weighted by molar-refractivity contribution is 5.32. The molecule has 5 nitrogen and oxygen atoms in total. The van der Waals surface area contributed by atoms with Crippen LogP contribution in [0.3, 0.4) is 0 Å². The van der Waals surface area contributed by atoms with Gasteiger partial charge in [0.05, 0.1) is 18.0 Å². The van der Waals surface area contributed by atoms with Crippen LogP contribution >= 0.6 is 0 Å². The van der Waals surface area contributed by atoms with Gasteiger partial charge in [0.15, 0.2) is 0 Å². The van der Waals surface area contributed by atoms with Gasteiger partial charge in [0, 0.05) is 18.3 Å². The van der Waals surface area contributed by atoms with Gasteiger partial charge < -0.3 is 15.9 Å². The Balaban J connectivity index is 2.25. The molecule has 1 aromatic heterocycles. The van der Waals surface area contributed by atoms with Gasteiger partial charge in [-0.15, -0.1) is 0 Å². The predicted octanol–water partition coefficient (Wildman–Crippen LogP) is 0.364. The summed E-state index contributed by atoms with van der Waals surface area (Å²) in [5.74, 6) is -0.368. The van der Waals surface area contributed by atoms with E-state index in [2.05, 4.69) is 5.10 Å². The number of rotatable bonds is 4. The van der Waals surface area contributed by atoms with E-state index in [1.165, 1.54) is 29.2 Å². The molecule has 18 heavy (non-hydrogen) atoms. The normalized spacial score (nSPS) is 14.4. The van der Waals surface area contributed by atoms with Crippen molar-refractivity contribution >= 4 is 0 Å². The minimum Gasteiger partial charge on any atom is -0.389 e. The number of nitrogens with two attached hydrogens (primary N) is 1. The maximum absolute atomic E-state index is 13.1. The molecule has 6 heteroatoms. The van der Waals surface area contributed by atoms with E-state index in [1.54, 1.807) is 12.1 Å². The Hall–Kier alpha value is -1.76. The summed E-state index contributed by atoms with van der Waals surface area (Å²) in [6, 6.07) is 5.91. The highest BCUT2D eigenvalue weighted by Crippen LogP contribution is 2.17. The molecular formula is C12H14FN3O2. The molecule has 0 spiro atoms. The number of hydrogen-bond donors (Lipinski definition) is 3. The molecule has 0 aliphatic rings. The molecule has 1 aromatic carbocycles. The SMILES string of the molecule is NCC(O)C(O)c1cnn(-c2cccc(F)c2)c1. The van der Waals surface area contributed by atoms with Crippen LogP contribution in [0.25, 0.3) is 5.69 Å². The number of halogens is 1. The fraction of sp³-hybridized carbons (Fsp3) is 0.250. The maximum atomic E-state index is 13.1. The second-order valence-corrected chi connectivity index (χ2v) is 3.95. The molecule has 0 aliphatic heterocycles. The quantitative estimate of drug-likeness (QED) is 0.732. The van der Waals surface area contributed by atoms with Crippen LogP contribution in [0, 0.1) is 5.82 Å². The summed E-state index contributed by atoms with van der Waals surface area (Å²) in [6.45, 7) is -0.0493. The van der Waals surface area contributed by atoms with Gasteiger partial charge in [-0.25, -0.2) is 9.07 Å². The zero-order valence-corrected chi connectivity index (χ0v) is 9.57. The van der Waals surface area contributed by atoms with Crippen LogP contribution in [0.15, 0.2) is 36.7 Å². The lowest BCUT2D eigenvalue weighted by Crippen LogP contribution is -2.26. The van der Waals surface area contributed by atoms with Crippen molar-refractivity contribution in [2.24, 2.45) is 5.73 Å². The third-order valence-electron chi connectivity index (χ3n) is 2.62. The standard InChI is InChI=1S/C12H14FN3O2/c13-9-2-1-3-10(4-9)16-7-8(6-15-16)12(18)11(17)5-14/h1-4,6-7,11-12,17-18H,5,14H2. The predicted molar refractivity (Wildman–Crippen MR) is 63.5 cm³/mol. The Morgan fingerprint density at radius 3 is 2.83 bits per heavy atom. The fourth-order valence-electron chi connectivity index (χ4n) is 1.60. The second-order valence-electron chi connectivity index (χ2n) is 3.95. The first-order valence-electron chi connectivity index (χ1n) is 5.48. The lowest BCUT2D eigenvalue weighted by atomic mass is 10.1. The number of aliphatic hydroxyl groups is 2. The third kappa shape index (κ3) is 2.56. The van der Waals surface area contributed by atoms with Crippen LogP contribution in [0.1, 0.15) is 11.7 Å². The van der Waals surface area contributed by atoms with Crippen molar-refractivity contribution in [2.45, 2.75) is 12.2 Å². The molecule has 0 radical (unpaired) electrons. The molecule has 0 amide bonds. The topological polar surface area (TPSA) is 84.3 Å². The van der Waals surface area contributed by atoms with Crippen LogP contribution in [-0.2, 0) is 0 Å². The number of nitrogens with zero attached hydrogens (tertiary/aromatic N) is 2. The molecule has 2 rings (SSSR count). The fourth-order valence-corrected chi connectivity index (χ4v) is 1.60. The largest absolute Gasteiger partial charge is 0.389 e. The Labute approximate surface area is 103 Å². The first kappa shape index (κ1) is 12.7. The number of benzene rings is 1. The average molecular weight is 251 g/mol. The Kier molecular flexibility index (Phi) is 3.71. The van der Waals surface area contributed by atoms with Gasteiger partial charge in [0.25, 0.3) is 0 Å². The van der Waals surface area contributed by atoms with Crippen LogP contribution in [0.4, 0.5) is 4.39 Å². The highest BCUT2D eigenvalue weighted by atomic mass is 19.1. The van der Waals surface area contributed by atoms with Gasteiger partial charge in [-0.1, -0.05) is 6.07 Å². The van der Waals surface area contributed by atoms with Gasteiger partial charge in [0.2, 0.25) is 0 Å². The lowest BCUT2D eigenvalue weighted by molar-refractivity contribution is 0.0243. The minimum atomic E-state index is -1.10. The minimum absolute atomic E-state index is 0.0493. The van der Waals surface area contributed by atoms with Gasteiger partial charge in [0.1, 0.15) is 11.9 Å². The second kappa shape index (κ2) is 5.26. The first-order chi connectivity index (χ1) is 8.61. The van der Waals surface area contributed by atoms with E-state index < -0.39 is 12.2 Å². The Bertz CT molecular complexity index is 530. The van der Waals surface area contributed by atoms with Crippen LogP contribution < -0.4 is 5.73 Å². The van der Waals surface area contributed by atoms with Crippen LogP contribution in [0.5, 0.6) is 0 Å². The molecule has 0 saturated carbocycles.